The molecule has 122 valence electrons. The van der Waals surface area contributed by atoms with Crippen molar-refractivity contribution in [3.05, 3.63) is 23.2 Å². The SMILES string of the molecule is CCC(Sc1nnc(C)s1)C(=O)Nc1ccc2c(c1)OCCO2. The number of rotatable bonds is 5. The van der Waals surface area contributed by atoms with E-state index >= 15 is 0 Å². The van der Waals surface area contributed by atoms with Crippen LogP contribution >= 0.6 is 23.1 Å². The van der Waals surface area contributed by atoms with E-state index in [2.05, 4.69) is 15.5 Å². The summed E-state index contributed by atoms with van der Waals surface area (Å²) in [6, 6.07) is 5.42. The first-order chi connectivity index (χ1) is 11.2. The number of hydrogen-bond donors (Lipinski definition) is 1. The van der Waals surface area contributed by atoms with Crippen molar-refractivity contribution in [2.24, 2.45) is 0 Å². The van der Waals surface area contributed by atoms with Crippen molar-refractivity contribution in [2.45, 2.75) is 29.9 Å². The van der Waals surface area contributed by atoms with Gasteiger partial charge >= 0.3 is 0 Å². The minimum atomic E-state index is -0.212. The number of hydrogen-bond acceptors (Lipinski definition) is 7. The average Bonchev–Trinajstić information content (AvgIpc) is 2.97. The largest absolute Gasteiger partial charge is 0.486 e. The molecule has 1 aliphatic heterocycles. The number of aryl methyl sites for hydroxylation is 1. The standard InChI is InChI=1S/C15H17N3O3S2/c1-3-13(23-15-18-17-9(2)22-15)14(19)16-10-4-5-11-12(8-10)21-7-6-20-11/h4-5,8,13H,3,6-7H2,1-2H3,(H,16,19). The molecule has 2 heterocycles. The van der Waals surface area contributed by atoms with Crippen LogP contribution in [0.4, 0.5) is 5.69 Å². The van der Waals surface area contributed by atoms with Crippen LogP contribution in [0.2, 0.25) is 0 Å². The third-order valence-corrected chi connectivity index (χ3v) is 5.51. The molecule has 8 heteroatoms. The Morgan fingerprint density at radius 3 is 2.83 bits per heavy atom. The molecule has 1 amide bonds. The third-order valence-electron chi connectivity index (χ3n) is 3.22. The highest BCUT2D eigenvalue weighted by Crippen LogP contribution is 2.33. The summed E-state index contributed by atoms with van der Waals surface area (Å²) in [6.07, 6.45) is 0.708. The van der Waals surface area contributed by atoms with Crippen molar-refractivity contribution < 1.29 is 14.3 Å². The number of fused-ring (bicyclic) bond motifs is 1. The molecule has 1 N–H and O–H groups in total. The summed E-state index contributed by atoms with van der Waals surface area (Å²) in [5.74, 6) is 1.32. The summed E-state index contributed by atoms with van der Waals surface area (Å²) < 4.78 is 11.8. The summed E-state index contributed by atoms with van der Waals surface area (Å²) in [5.41, 5.74) is 0.701. The molecular formula is C15H17N3O3S2. The van der Waals surface area contributed by atoms with Crippen LogP contribution in [0.25, 0.3) is 0 Å². The maximum atomic E-state index is 12.5. The molecule has 1 aromatic heterocycles. The molecule has 1 unspecified atom stereocenters. The number of amides is 1. The van der Waals surface area contributed by atoms with E-state index in [1.165, 1.54) is 23.1 Å². The van der Waals surface area contributed by atoms with Crippen LogP contribution in [-0.4, -0.2) is 34.6 Å². The highest BCUT2D eigenvalue weighted by molar-refractivity contribution is 8.02. The van der Waals surface area contributed by atoms with Gasteiger partial charge in [0.25, 0.3) is 0 Å². The lowest BCUT2D eigenvalue weighted by Gasteiger charge is -2.19. The topological polar surface area (TPSA) is 73.3 Å². The third kappa shape index (κ3) is 3.94. The van der Waals surface area contributed by atoms with Crippen molar-refractivity contribution in [3.8, 4) is 11.5 Å². The Labute approximate surface area is 142 Å². The molecule has 6 nitrogen and oxygen atoms in total. The quantitative estimate of drug-likeness (QED) is 0.835. The van der Waals surface area contributed by atoms with Crippen molar-refractivity contribution >= 4 is 34.7 Å². The molecule has 0 saturated heterocycles. The minimum absolute atomic E-state index is 0.0537. The zero-order chi connectivity index (χ0) is 16.2. The van der Waals surface area contributed by atoms with Crippen LogP contribution in [0.1, 0.15) is 18.4 Å². The summed E-state index contributed by atoms with van der Waals surface area (Å²) in [5, 5.41) is 11.7. The second-order valence-electron chi connectivity index (χ2n) is 4.95. The summed E-state index contributed by atoms with van der Waals surface area (Å²) >= 11 is 2.94. The van der Waals surface area contributed by atoms with E-state index in [9.17, 15) is 4.79 Å². The molecule has 1 aromatic carbocycles. The fraction of sp³-hybridized carbons (Fsp3) is 0.400. The zero-order valence-electron chi connectivity index (χ0n) is 12.9. The lowest BCUT2D eigenvalue weighted by atomic mass is 10.2. The number of thioether (sulfide) groups is 1. The first kappa shape index (κ1) is 16.1. The van der Waals surface area contributed by atoms with Gasteiger partial charge in [-0.25, -0.2) is 0 Å². The van der Waals surface area contributed by atoms with E-state index in [0.717, 1.165) is 9.35 Å². The van der Waals surface area contributed by atoms with Gasteiger partial charge in [0.05, 0.1) is 5.25 Å². The Bertz CT molecular complexity index is 705. The monoisotopic (exact) mass is 351 g/mol. The van der Waals surface area contributed by atoms with E-state index in [0.29, 0.717) is 36.8 Å². The van der Waals surface area contributed by atoms with Gasteiger partial charge in [0.2, 0.25) is 5.91 Å². The fourth-order valence-corrected chi connectivity index (χ4v) is 4.10. The van der Waals surface area contributed by atoms with Gasteiger partial charge in [0.1, 0.15) is 18.2 Å². The van der Waals surface area contributed by atoms with Crippen LogP contribution in [0, 0.1) is 6.92 Å². The van der Waals surface area contributed by atoms with E-state index in [1.54, 1.807) is 6.07 Å². The number of anilines is 1. The van der Waals surface area contributed by atoms with Crippen LogP contribution in [0.3, 0.4) is 0 Å². The Morgan fingerprint density at radius 2 is 2.13 bits per heavy atom. The predicted molar refractivity (Wildman–Crippen MR) is 90.6 cm³/mol. The van der Waals surface area contributed by atoms with Crippen molar-refractivity contribution in [1.29, 1.82) is 0 Å². The van der Waals surface area contributed by atoms with Gasteiger partial charge < -0.3 is 14.8 Å². The molecule has 23 heavy (non-hydrogen) atoms. The van der Waals surface area contributed by atoms with Crippen LogP contribution < -0.4 is 14.8 Å². The number of ether oxygens (including phenoxy) is 2. The number of nitrogens with one attached hydrogen (secondary N) is 1. The van der Waals surface area contributed by atoms with Crippen LogP contribution in [0.5, 0.6) is 11.5 Å². The maximum Gasteiger partial charge on any atom is 0.237 e. The van der Waals surface area contributed by atoms with Crippen molar-refractivity contribution in [2.75, 3.05) is 18.5 Å². The lowest BCUT2D eigenvalue weighted by molar-refractivity contribution is -0.115. The first-order valence-electron chi connectivity index (χ1n) is 7.33. The molecule has 3 rings (SSSR count). The van der Waals surface area contributed by atoms with Gasteiger partial charge in [0.15, 0.2) is 15.8 Å². The highest BCUT2D eigenvalue weighted by Gasteiger charge is 2.21. The summed E-state index contributed by atoms with van der Waals surface area (Å²) in [7, 11) is 0. The zero-order valence-corrected chi connectivity index (χ0v) is 14.5. The van der Waals surface area contributed by atoms with E-state index < -0.39 is 0 Å². The molecule has 1 atom stereocenters. The highest BCUT2D eigenvalue weighted by atomic mass is 32.2. The molecule has 0 bridgehead atoms. The van der Waals surface area contributed by atoms with Crippen LogP contribution in [-0.2, 0) is 4.79 Å². The van der Waals surface area contributed by atoms with E-state index in [1.807, 2.05) is 26.0 Å². The molecule has 0 aliphatic carbocycles. The molecule has 0 spiro atoms. The molecule has 0 radical (unpaired) electrons. The Kier molecular flexibility index (Phi) is 5.02. The molecule has 0 saturated carbocycles. The predicted octanol–water partition coefficient (Wildman–Crippen LogP) is 3.13. The Hall–Kier alpha value is -1.80. The lowest BCUT2D eigenvalue weighted by Crippen LogP contribution is -2.24. The second-order valence-corrected chi connectivity index (χ2v) is 7.58. The van der Waals surface area contributed by atoms with Gasteiger partial charge in [0, 0.05) is 11.8 Å². The number of benzene rings is 1. The van der Waals surface area contributed by atoms with Crippen molar-refractivity contribution in [3.63, 3.8) is 0 Å². The number of aromatic nitrogens is 2. The normalized spacial score (nSPS) is 14.3. The van der Waals surface area contributed by atoms with E-state index in [-0.39, 0.29) is 11.2 Å². The Morgan fingerprint density at radius 1 is 1.35 bits per heavy atom. The van der Waals surface area contributed by atoms with E-state index in [4.69, 9.17) is 9.47 Å². The van der Waals surface area contributed by atoms with Gasteiger partial charge in [-0.05, 0) is 25.5 Å². The minimum Gasteiger partial charge on any atom is -0.486 e. The van der Waals surface area contributed by atoms with Crippen molar-refractivity contribution in [1.82, 2.24) is 10.2 Å². The van der Waals surface area contributed by atoms with Gasteiger partial charge in [-0.2, -0.15) is 0 Å². The number of carbonyl (C=O) groups excluding carboxylic acids is 1. The van der Waals surface area contributed by atoms with Gasteiger partial charge in [-0.1, -0.05) is 30.0 Å². The average molecular weight is 351 g/mol. The second kappa shape index (κ2) is 7.18. The molecule has 0 fully saturated rings. The Balaban J connectivity index is 1.67. The number of nitrogens with zero attached hydrogens (tertiary/aromatic N) is 2. The molecule has 1 aliphatic rings. The summed E-state index contributed by atoms with van der Waals surface area (Å²) in [4.78, 5) is 12.5. The summed E-state index contributed by atoms with van der Waals surface area (Å²) in [6.45, 7) is 4.95. The smallest absolute Gasteiger partial charge is 0.237 e. The maximum absolute atomic E-state index is 12.5. The molecule has 2 aromatic rings. The van der Waals surface area contributed by atoms with Gasteiger partial charge in [-0.3, -0.25) is 4.79 Å². The first-order valence-corrected chi connectivity index (χ1v) is 9.02. The van der Waals surface area contributed by atoms with Gasteiger partial charge in [-0.15, -0.1) is 10.2 Å². The van der Waals surface area contributed by atoms with Crippen LogP contribution in [0.15, 0.2) is 22.5 Å². The molecular weight excluding hydrogens is 334 g/mol. The fourth-order valence-electron chi connectivity index (χ4n) is 2.11. The number of carbonyl (C=O) groups is 1.